The van der Waals surface area contributed by atoms with E-state index in [1.165, 1.54) is 6.92 Å². The molecule has 0 aliphatic rings. The summed E-state index contributed by atoms with van der Waals surface area (Å²) in [4.78, 5) is 23.8. The van der Waals surface area contributed by atoms with Crippen LogP contribution in [0.2, 0.25) is 0 Å². The minimum Gasteiger partial charge on any atom is -0.404 e. The van der Waals surface area contributed by atoms with Crippen molar-refractivity contribution >= 4 is 22.7 Å². The van der Waals surface area contributed by atoms with Crippen molar-refractivity contribution in [1.82, 2.24) is 4.98 Å². The van der Waals surface area contributed by atoms with Crippen molar-refractivity contribution < 1.29 is 27.6 Å². The number of ether oxygens (including phenoxy) is 1. The van der Waals surface area contributed by atoms with Gasteiger partial charge in [0.25, 0.3) is 5.24 Å². The maximum Gasteiger partial charge on any atom is 0.573 e. The average molecular weight is 285 g/mol. The van der Waals surface area contributed by atoms with E-state index in [-0.39, 0.29) is 5.69 Å². The summed E-state index contributed by atoms with van der Waals surface area (Å²) in [5, 5.41) is 9.13. The molecule has 0 radical (unpaired) electrons. The van der Waals surface area contributed by atoms with Crippen LogP contribution in [0, 0.1) is 17.0 Å². The van der Waals surface area contributed by atoms with Crippen LogP contribution in [0.4, 0.5) is 19.0 Å². The molecule has 0 saturated carbocycles. The Bertz CT molecular complexity index is 518. The Kier molecular flexibility index (Phi) is 3.75. The first-order valence-corrected chi connectivity index (χ1v) is 4.61. The fourth-order valence-electron chi connectivity index (χ4n) is 1.15. The van der Waals surface area contributed by atoms with E-state index in [1.54, 1.807) is 0 Å². The van der Waals surface area contributed by atoms with Crippen molar-refractivity contribution in [3.05, 3.63) is 27.4 Å². The topological polar surface area (TPSA) is 82.3 Å². The van der Waals surface area contributed by atoms with Gasteiger partial charge in [-0.05, 0) is 21.5 Å². The number of hydrogen-bond donors (Lipinski definition) is 0. The van der Waals surface area contributed by atoms with Crippen molar-refractivity contribution in [3.8, 4) is 5.75 Å². The lowest BCUT2D eigenvalue weighted by Crippen LogP contribution is -2.19. The SMILES string of the molecule is Cc1cc(OC(F)(F)F)c(C(=O)Cl)c([N+](=O)[O-])n1. The molecule has 0 aliphatic heterocycles. The summed E-state index contributed by atoms with van der Waals surface area (Å²) in [6.45, 7) is 1.21. The number of nitrogens with zero attached hydrogens (tertiary/aromatic N) is 2. The predicted molar refractivity (Wildman–Crippen MR) is 52.5 cm³/mol. The minimum absolute atomic E-state index is 0.123. The molecular formula is C8H4ClF3N2O4. The zero-order chi connectivity index (χ0) is 14.1. The molecule has 0 atom stereocenters. The Morgan fingerprint density at radius 1 is 1.56 bits per heavy atom. The molecule has 98 valence electrons. The van der Waals surface area contributed by atoms with E-state index in [4.69, 9.17) is 11.6 Å². The third-order valence-corrected chi connectivity index (χ3v) is 1.88. The quantitative estimate of drug-likeness (QED) is 0.484. The van der Waals surface area contributed by atoms with Crippen LogP contribution in [0.1, 0.15) is 16.1 Å². The van der Waals surface area contributed by atoms with Gasteiger partial charge in [-0.1, -0.05) is 0 Å². The predicted octanol–water partition coefficient (Wildman–Crippen LogP) is 2.58. The fraction of sp³-hybridized carbons (Fsp3) is 0.250. The molecule has 1 rings (SSSR count). The van der Waals surface area contributed by atoms with Gasteiger partial charge in [-0.3, -0.25) is 4.79 Å². The number of carbonyl (C=O) groups is 1. The summed E-state index contributed by atoms with van der Waals surface area (Å²) in [7, 11) is 0. The Morgan fingerprint density at radius 3 is 2.50 bits per heavy atom. The molecule has 0 N–H and O–H groups in total. The van der Waals surface area contributed by atoms with Crippen molar-refractivity contribution in [1.29, 1.82) is 0 Å². The summed E-state index contributed by atoms with van der Waals surface area (Å²) < 4.78 is 39.8. The normalized spacial score (nSPS) is 11.2. The van der Waals surface area contributed by atoms with Crippen LogP contribution >= 0.6 is 11.6 Å². The van der Waals surface area contributed by atoms with Crippen LogP contribution < -0.4 is 4.74 Å². The van der Waals surface area contributed by atoms with Crippen LogP contribution in [-0.2, 0) is 0 Å². The molecule has 0 aromatic carbocycles. The molecule has 6 nitrogen and oxygen atoms in total. The van der Waals surface area contributed by atoms with Gasteiger partial charge in [0.05, 0.1) is 0 Å². The molecule has 1 heterocycles. The van der Waals surface area contributed by atoms with E-state index >= 15 is 0 Å². The number of nitro groups is 1. The van der Waals surface area contributed by atoms with Crippen LogP contribution in [0.5, 0.6) is 5.75 Å². The monoisotopic (exact) mass is 284 g/mol. The molecule has 18 heavy (non-hydrogen) atoms. The highest BCUT2D eigenvalue weighted by Gasteiger charge is 2.36. The third kappa shape index (κ3) is 3.29. The van der Waals surface area contributed by atoms with Crippen LogP contribution in [0.3, 0.4) is 0 Å². The van der Waals surface area contributed by atoms with Gasteiger partial charge in [0.15, 0.2) is 17.0 Å². The Hall–Kier alpha value is -1.90. The summed E-state index contributed by atoms with van der Waals surface area (Å²) in [6, 6.07) is 0.732. The molecule has 0 unspecified atom stereocenters. The number of aryl methyl sites for hydroxylation is 1. The molecule has 0 bridgehead atoms. The highest BCUT2D eigenvalue weighted by molar-refractivity contribution is 6.68. The lowest BCUT2D eigenvalue weighted by atomic mass is 10.2. The van der Waals surface area contributed by atoms with Crippen LogP contribution in [-0.4, -0.2) is 21.5 Å². The summed E-state index contributed by atoms with van der Waals surface area (Å²) >= 11 is 5.01. The second-order valence-corrected chi connectivity index (χ2v) is 3.38. The van der Waals surface area contributed by atoms with Gasteiger partial charge in [-0.15, -0.1) is 13.2 Å². The second kappa shape index (κ2) is 4.77. The third-order valence-electron chi connectivity index (χ3n) is 1.69. The molecule has 0 aliphatic carbocycles. The van der Waals surface area contributed by atoms with Crippen molar-refractivity contribution in [3.63, 3.8) is 0 Å². The number of alkyl halides is 3. The first-order chi connectivity index (χ1) is 8.11. The number of pyridine rings is 1. The largest absolute Gasteiger partial charge is 0.573 e. The Balaban J connectivity index is 3.49. The molecule has 1 aromatic rings. The summed E-state index contributed by atoms with van der Waals surface area (Å²) in [6.07, 6.45) is -5.11. The van der Waals surface area contributed by atoms with Crippen molar-refractivity contribution in [2.45, 2.75) is 13.3 Å². The number of rotatable bonds is 3. The van der Waals surface area contributed by atoms with Gasteiger partial charge in [0.2, 0.25) is 0 Å². The lowest BCUT2D eigenvalue weighted by Gasteiger charge is -2.11. The number of halogens is 4. The smallest absolute Gasteiger partial charge is 0.404 e. The molecule has 0 saturated heterocycles. The van der Waals surface area contributed by atoms with Gasteiger partial charge in [0, 0.05) is 13.0 Å². The summed E-state index contributed by atoms with van der Waals surface area (Å²) in [5.41, 5.74) is -1.16. The van der Waals surface area contributed by atoms with Gasteiger partial charge in [-0.25, -0.2) is 0 Å². The molecule has 0 amide bonds. The van der Waals surface area contributed by atoms with E-state index in [2.05, 4.69) is 9.72 Å². The highest BCUT2D eigenvalue weighted by atomic mass is 35.5. The van der Waals surface area contributed by atoms with Crippen molar-refractivity contribution in [2.75, 3.05) is 0 Å². The maximum atomic E-state index is 12.1. The van der Waals surface area contributed by atoms with E-state index in [0.29, 0.717) is 0 Å². The van der Waals surface area contributed by atoms with E-state index in [0.717, 1.165) is 6.07 Å². The number of hydrogen-bond acceptors (Lipinski definition) is 5. The van der Waals surface area contributed by atoms with Gasteiger partial charge in [-0.2, -0.15) is 0 Å². The Labute approximate surface area is 102 Å². The van der Waals surface area contributed by atoms with Crippen LogP contribution in [0.15, 0.2) is 6.07 Å². The van der Waals surface area contributed by atoms with Gasteiger partial charge < -0.3 is 14.9 Å². The average Bonchev–Trinajstić information content (AvgIpc) is 2.12. The van der Waals surface area contributed by atoms with E-state index in [9.17, 15) is 28.1 Å². The summed E-state index contributed by atoms with van der Waals surface area (Å²) in [5.74, 6) is -2.14. The van der Waals surface area contributed by atoms with Gasteiger partial charge >= 0.3 is 12.2 Å². The molecular weight excluding hydrogens is 281 g/mol. The second-order valence-electron chi connectivity index (χ2n) is 3.04. The minimum atomic E-state index is -5.11. The number of aromatic nitrogens is 1. The Morgan fingerprint density at radius 2 is 2.11 bits per heavy atom. The number of carbonyl (C=O) groups excluding carboxylic acids is 1. The fourth-order valence-corrected chi connectivity index (χ4v) is 1.33. The van der Waals surface area contributed by atoms with Crippen LogP contribution in [0.25, 0.3) is 0 Å². The van der Waals surface area contributed by atoms with E-state index < -0.39 is 33.7 Å². The van der Waals surface area contributed by atoms with Crippen molar-refractivity contribution in [2.24, 2.45) is 0 Å². The standard InChI is InChI=1S/C8H4ClF3N2O4/c1-3-2-4(18-8(10,11)12)5(6(9)15)7(13-3)14(16)17/h2H,1H3. The molecule has 1 aromatic heterocycles. The molecule has 10 heteroatoms. The molecule has 0 spiro atoms. The lowest BCUT2D eigenvalue weighted by molar-refractivity contribution is -0.390. The first-order valence-electron chi connectivity index (χ1n) is 4.23. The first kappa shape index (κ1) is 14.2. The zero-order valence-corrected chi connectivity index (χ0v) is 9.37. The zero-order valence-electron chi connectivity index (χ0n) is 8.62. The highest BCUT2D eigenvalue weighted by Crippen LogP contribution is 2.33. The van der Waals surface area contributed by atoms with E-state index in [1.807, 2.05) is 0 Å². The molecule has 0 fully saturated rings. The maximum absolute atomic E-state index is 12.1. The van der Waals surface area contributed by atoms with Gasteiger partial charge in [0.1, 0.15) is 0 Å².